The smallest absolute Gasteiger partial charge is 0.126 e. The van der Waals surface area contributed by atoms with E-state index < -0.39 is 0 Å². The van der Waals surface area contributed by atoms with Gasteiger partial charge < -0.3 is 10.2 Å². The second-order valence-corrected chi connectivity index (χ2v) is 2.25. The van der Waals surface area contributed by atoms with E-state index in [4.69, 9.17) is 4.74 Å². The van der Waals surface area contributed by atoms with Crippen molar-refractivity contribution >= 4 is 6.08 Å². The van der Waals surface area contributed by atoms with Crippen molar-refractivity contribution in [1.29, 1.82) is 0 Å². The zero-order valence-corrected chi connectivity index (χ0v) is 11.2. The molecule has 2 rings (SSSR count). The molecule has 0 radical (unpaired) electrons. The molecule has 68 valence electrons. The van der Waals surface area contributed by atoms with E-state index in [9.17, 15) is 0 Å². The average molecular weight is 271 g/mol. The summed E-state index contributed by atoms with van der Waals surface area (Å²) in [5.41, 5.74) is 1.17. The van der Waals surface area contributed by atoms with Gasteiger partial charge in [-0.15, -0.1) is 0 Å². The van der Waals surface area contributed by atoms with Crippen molar-refractivity contribution in [2.45, 2.75) is 0 Å². The number of hydrogen-bond acceptors (Lipinski definition) is 1. The Balaban J connectivity index is 0. The van der Waals surface area contributed by atoms with Crippen LogP contribution in [0.5, 0.6) is 5.75 Å². The Morgan fingerprint density at radius 3 is 2.54 bits per heavy atom. The fourth-order valence-corrected chi connectivity index (χ4v) is 1.06. The van der Waals surface area contributed by atoms with Crippen LogP contribution in [0, 0.1) is 0 Å². The van der Waals surface area contributed by atoms with Gasteiger partial charge in [0.1, 0.15) is 12.4 Å². The van der Waals surface area contributed by atoms with Crippen LogP contribution in [0.1, 0.15) is 5.56 Å². The average Bonchev–Trinajstić information content (AvgIpc) is 2.05. The molecule has 13 heavy (non-hydrogen) atoms. The Morgan fingerprint density at radius 2 is 1.85 bits per heavy atom. The van der Waals surface area contributed by atoms with Gasteiger partial charge in [-0.1, -0.05) is 24.3 Å². The Kier molecular flexibility index (Phi) is 8.60. The van der Waals surface area contributed by atoms with Crippen molar-refractivity contribution < 1.29 is 46.8 Å². The van der Waals surface area contributed by atoms with Crippen LogP contribution in [0.25, 0.3) is 6.08 Å². The summed E-state index contributed by atoms with van der Waals surface area (Å²) in [6.45, 7) is 0.705. The molecule has 0 unspecified atom stereocenters. The molecule has 2 nitrogen and oxygen atoms in total. The fourth-order valence-electron chi connectivity index (χ4n) is 1.06. The van der Waals surface area contributed by atoms with Crippen LogP contribution in [0.4, 0.5) is 0 Å². The Labute approximate surface area is 101 Å². The molecule has 4 heteroatoms. The van der Waals surface area contributed by atoms with E-state index in [1.54, 1.807) is 0 Å². The SMILES string of the molecule is C1=Cc2ccccc2OC1.O.[Fe].[Zn]. The Bertz CT molecular complexity index is 276. The van der Waals surface area contributed by atoms with Gasteiger partial charge in [-0.25, -0.2) is 0 Å². The van der Waals surface area contributed by atoms with Crippen molar-refractivity contribution in [3.05, 3.63) is 35.9 Å². The first kappa shape index (κ1) is 15.3. The van der Waals surface area contributed by atoms with Crippen molar-refractivity contribution in [2.75, 3.05) is 6.61 Å². The van der Waals surface area contributed by atoms with Gasteiger partial charge in [0.15, 0.2) is 0 Å². The first-order valence-corrected chi connectivity index (χ1v) is 3.35. The Hall–Kier alpha value is -0.137. The van der Waals surface area contributed by atoms with Gasteiger partial charge in [0.2, 0.25) is 0 Å². The van der Waals surface area contributed by atoms with E-state index in [0.717, 1.165) is 5.75 Å². The monoisotopic (exact) mass is 270 g/mol. The molecule has 0 atom stereocenters. The van der Waals surface area contributed by atoms with Crippen LogP contribution in [-0.4, -0.2) is 12.1 Å². The molecule has 0 saturated heterocycles. The molecule has 1 aromatic rings. The summed E-state index contributed by atoms with van der Waals surface area (Å²) in [4.78, 5) is 0. The van der Waals surface area contributed by atoms with E-state index in [1.807, 2.05) is 30.3 Å². The second-order valence-electron chi connectivity index (χ2n) is 2.25. The zero-order chi connectivity index (χ0) is 6.81. The molecule has 2 N–H and O–H groups in total. The molecule has 1 aliphatic rings. The minimum absolute atomic E-state index is 0. The van der Waals surface area contributed by atoms with Crippen LogP contribution < -0.4 is 4.74 Å². The zero-order valence-electron chi connectivity index (χ0n) is 7.14. The molecular weight excluding hydrogens is 261 g/mol. The summed E-state index contributed by atoms with van der Waals surface area (Å²) in [6, 6.07) is 8.03. The standard InChI is InChI=1S/C9H8O.Fe.H2O.Zn/c1-2-6-9-8(4-1)5-3-7-10-9;;;/h1-6H,7H2;;1H2;. The van der Waals surface area contributed by atoms with Crippen LogP contribution in [0.2, 0.25) is 0 Å². The van der Waals surface area contributed by atoms with E-state index in [-0.39, 0.29) is 42.0 Å². The number of rotatable bonds is 0. The van der Waals surface area contributed by atoms with E-state index in [2.05, 4.69) is 6.08 Å². The third kappa shape index (κ3) is 3.62. The number of fused-ring (bicyclic) bond motifs is 1. The molecule has 0 spiro atoms. The fraction of sp³-hybridized carbons (Fsp3) is 0.111. The maximum atomic E-state index is 5.34. The maximum absolute atomic E-state index is 5.34. The summed E-state index contributed by atoms with van der Waals surface area (Å²) < 4.78 is 5.34. The molecule has 0 saturated carbocycles. The van der Waals surface area contributed by atoms with Crippen LogP contribution in [0.3, 0.4) is 0 Å². The van der Waals surface area contributed by atoms with Gasteiger partial charge in [0.05, 0.1) is 0 Å². The molecule has 0 aromatic heterocycles. The van der Waals surface area contributed by atoms with Crippen molar-refractivity contribution in [3.8, 4) is 5.75 Å². The van der Waals surface area contributed by atoms with Crippen LogP contribution >= 0.6 is 0 Å². The van der Waals surface area contributed by atoms with Gasteiger partial charge in [-0.05, 0) is 12.1 Å². The molecule has 1 aliphatic heterocycles. The van der Waals surface area contributed by atoms with Crippen molar-refractivity contribution in [1.82, 2.24) is 0 Å². The van der Waals surface area contributed by atoms with E-state index >= 15 is 0 Å². The van der Waals surface area contributed by atoms with Gasteiger partial charge in [-0.3, -0.25) is 0 Å². The van der Waals surface area contributed by atoms with Gasteiger partial charge >= 0.3 is 0 Å². The first-order chi connectivity index (χ1) is 4.97. The minimum Gasteiger partial charge on any atom is -0.489 e. The number of benzene rings is 1. The van der Waals surface area contributed by atoms with Crippen LogP contribution in [0.15, 0.2) is 30.3 Å². The first-order valence-electron chi connectivity index (χ1n) is 3.35. The summed E-state index contributed by atoms with van der Waals surface area (Å²) in [5.74, 6) is 0.991. The minimum atomic E-state index is 0. The Morgan fingerprint density at radius 1 is 1.15 bits per heavy atom. The van der Waals surface area contributed by atoms with Crippen LogP contribution in [-0.2, 0) is 36.5 Å². The topological polar surface area (TPSA) is 40.7 Å². The maximum Gasteiger partial charge on any atom is 0.126 e. The molecular formula is C9H10FeO2Zn. The molecule has 0 amide bonds. The van der Waals surface area contributed by atoms with Crippen molar-refractivity contribution in [3.63, 3.8) is 0 Å². The van der Waals surface area contributed by atoms with E-state index in [1.165, 1.54) is 5.56 Å². The number of para-hydroxylation sites is 1. The predicted molar refractivity (Wildman–Crippen MR) is 44.6 cm³/mol. The van der Waals surface area contributed by atoms with Crippen molar-refractivity contribution in [2.24, 2.45) is 0 Å². The van der Waals surface area contributed by atoms with E-state index in [0.29, 0.717) is 6.61 Å². The third-order valence-corrected chi connectivity index (χ3v) is 1.55. The molecule has 0 aliphatic carbocycles. The summed E-state index contributed by atoms with van der Waals surface area (Å²) in [6.07, 6.45) is 4.10. The quantitative estimate of drug-likeness (QED) is 0.655. The second kappa shape index (κ2) is 7.28. The largest absolute Gasteiger partial charge is 0.489 e. The van der Waals surface area contributed by atoms with Gasteiger partial charge in [-0.2, -0.15) is 0 Å². The number of ether oxygens (including phenoxy) is 1. The molecule has 1 heterocycles. The molecule has 1 aromatic carbocycles. The predicted octanol–water partition coefficient (Wildman–Crippen LogP) is 1.26. The molecule has 0 bridgehead atoms. The summed E-state index contributed by atoms with van der Waals surface area (Å²) >= 11 is 0. The van der Waals surface area contributed by atoms with Gasteiger partial charge in [0, 0.05) is 42.1 Å². The third-order valence-electron chi connectivity index (χ3n) is 1.55. The van der Waals surface area contributed by atoms with Gasteiger partial charge in [0.25, 0.3) is 0 Å². The summed E-state index contributed by atoms with van der Waals surface area (Å²) in [7, 11) is 0. The summed E-state index contributed by atoms with van der Waals surface area (Å²) in [5, 5.41) is 0. The number of hydrogen-bond donors (Lipinski definition) is 0. The normalized spacial score (nSPS) is 10.8. The molecule has 0 fully saturated rings.